The van der Waals surface area contributed by atoms with E-state index < -0.39 is 0 Å². The molecule has 3 N–H and O–H groups in total. The van der Waals surface area contributed by atoms with Crippen LogP contribution in [-0.4, -0.2) is 29.2 Å². The van der Waals surface area contributed by atoms with Crippen LogP contribution in [0.5, 0.6) is 0 Å². The lowest BCUT2D eigenvalue weighted by molar-refractivity contribution is -0.118. The summed E-state index contributed by atoms with van der Waals surface area (Å²) in [6.07, 6.45) is 4.15. The van der Waals surface area contributed by atoms with Crippen LogP contribution in [0.1, 0.15) is 39.5 Å². The summed E-state index contributed by atoms with van der Waals surface area (Å²) in [6, 6.07) is 9.12. The van der Waals surface area contributed by atoms with Crippen LogP contribution in [0.25, 0.3) is 0 Å². The maximum absolute atomic E-state index is 12.3. The number of rotatable bonds is 5. The van der Waals surface area contributed by atoms with Crippen LogP contribution in [0.4, 0.5) is 5.69 Å². The van der Waals surface area contributed by atoms with Crippen LogP contribution in [0.15, 0.2) is 30.3 Å². The molecule has 1 amide bonds. The van der Waals surface area contributed by atoms with Gasteiger partial charge in [0.2, 0.25) is 5.91 Å². The number of carbonyl (C=O) groups excluding carboxylic acids is 1. The second kappa shape index (κ2) is 7.05. The third-order valence-electron chi connectivity index (χ3n) is 4.35. The van der Waals surface area contributed by atoms with Gasteiger partial charge in [0.1, 0.15) is 0 Å². The highest BCUT2D eigenvalue weighted by Gasteiger charge is 2.36. The number of amides is 1. The third kappa shape index (κ3) is 4.29. The fraction of sp³-hybridized carbons (Fsp3) is 0.588. The Bertz CT molecular complexity index is 463. The van der Waals surface area contributed by atoms with E-state index in [1.807, 2.05) is 37.3 Å². The molecule has 0 aromatic heterocycles. The van der Waals surface area contributed by atoms with Gasteiger partial charge in [-0.15, -0.1) is 0 Å². The minimum Gasteiger partial charge on any atom is -0.394 e. The molecule has 0 radical (unpaired) electrons. The van der Waals surface area contributed by atoms with Gasteiger partial charge in [-0.1, -0.05) is 38.0 Å². The standard InChI is InChI=1S/C17H26N2O2/c1-13-7-6-10-17(11-13,12-20)19-14(2)16(21)18-15-8-4-3-5-9-15/h3-5,8-9,13-14,19-20H,6-7,10-12H2,1-2H3,(H,18,21). The van der Waals surface area contributed by atoms with Gasteiger partial charge in [0.15, 0.2) is 0 Å². The molecule has 0 spiro atoms. The van der Waals surface area contributed by atoms with Gasteiger partial charge >= 0.3 is 0 Å². The maximum Gasteiger partial charge on any atom is 0.241 e. The number of benzene rings is 1. The van der Waals surface area contributed by atoms with Crippen molar-refractivity contribution in [2.24, 2.45) is 5.92 Å². The Morgan fingerprint density at radius 2 is 2.14 bits per heavy atom. The molecule has 1 saturated carbocycles. The Morgan fingerprint density at radius 3 is 2.76 bits per heavy atom. The monoisotopic (exact) mass is 290 g/mol. The number of anilines is 1. The molecule has 0 aliphatic heterocycles. The Hall–Kier alpha value is -1.39. The van der Waals surface area contributed by atoms with E-state index in [-0.39, 0.29) is 24.1 Å². The van der Waals surface area contributed by atoms with Crippen molar-refractivity contribution in [3.05, 3.63) is 30.3 Å². The Morgan fingerprint density at radius 1 is 1.43 bits per heavy atom. The van der Waals surface area contributed by atoms with Crippen molar-refractivity contribution in [3.8, 4) is 0 Å². The topological polar surface area (TPSA) is 61.4 Å². The molecule has 3 unspecified atom stereocenters. The normalized spacial score (nSPS) is 27.1. The highest BCUT2D eigenvalue weighted by Crippen LogP contribution is 2.32. The van der Waals surface area contributed by atoms with Gasteiger partial charge in [-0.05, 0) is 37.8 Å². The lowest BCUT2D eigenvalue weighted by Gasteiger charge is -2.41. The molecule has 21 heavy (non-hydrogen) atoms. The summed E-state index contributed by atoms with van der Waals surface area (Å²) in [5, 5.41) is 16.1. The van der Waals surface area contributed by atoms with E-state index in [1.165, 1.54) is 6.42 Å². The molecule has 1 fully saturated rings. The fourth-order valence-corrected chi connectivity index (χ4v) is 3.28. The molecule has 4 nitrogen and oxygen atoms in total. The molecule has 3 atom stereocenters. The van der Waals surface area contributed by atoms with Crippen molar-refractivity contribution < 1.29 is 9.90 Å². The number of aliphatic hydroxyl groups is 1. The smallest absolute Gasteiger partial charge is 0.241 e. The Kier molecular flexibility index (Phi) is 5.37. The van der Waals surface area contributed by atoms with Crippen molar-refractivity contribution in [2.45, 2.75) is 51.1 Å². The number of aliphatic hydroxyl groups excluding tert-OH is 1. The van der Waals surface area contributed by atoms with Crippen molar-refractivity contribution in [1.29, 1.82) is 0 Å². The first-order chi connectivity index (χ1) is 10.0. The number of hydrogen-bond acceptors (Lipinski definition) is 3. The predicted octanol–water partition coefficient (Wildman–Crippen LogP) is 2.54. The number of nitrogens with one attached hydrogen (secondary N) is 2. The second-order valence-electron chi connectivity index (χ2n) is 6.36. The second-order valence-corrected chi connectivity index (χ2v) is 6.36. The molecule has 1 aliphatic carbocycles. The lowest BCUT2D eigenvalue weighted by atomic mass is 9.76. The number of hydrogen-bond donors (Lipinski definition) is 3. The molecule has 1 aromatic rings. The van der Waals surface area contributed by atoms with E-state index in [2.05, 4.69) is 17.6 Å². The van der Waals surface area contributed by atoms with Gasteiger partial charge in [0.05, 0.1) is 12.6 Å². The Balaban J connectivity index is 1.95. The SMILES string of the molecule is CC1CCCC(CO)(NC(C)C(=O)Nc2ccccc2)C1. The molecular weight excluding hydrogens is 264 g/mol. The van der Waals surface area contributed by atoms with E-state index in [4.69, 9.17) is 0 Å². The molecule has 116 valence electrons. The van der Waals surface area contributed by atoms with Crippen LogP contribution in [0.3, 0.4) is 0 Å². The summed E-state index contributed by atoms with van der Waals surface area (Å²) in [7, 11) is 0. The predicted molar refractivity (Wildman–Crippen MR) is 85.1 cm³/mol. The summed E-state index contributed by atoms with van der Waals surface area (Å²) in [5.41, 5.74) is 0.483. The zero-order valence-corrected chi connectivity index (χ0v) is 12.9. The molecule has 0 heterocycles. The first-order valence-electron chi connectivity index (χ1n) is 7.79. The van der Waals surface area contributed by atoms with Crippen LogP contribution in [-0.2, 0) is 4.79 Å². The summed E-state index contributed by atoms with van der Waals surface area (Å²) < 4.78 is 0. The van der Waals surface area contributed by atoms with Crippen LogP contribution in [0, 0.1) is 5.92 Å². The van der Waals surface area contributed by atoms with E-state index in [0.29, 0.717) is 5.92 Å². The largest absolute Gasteiger partial charge is 0.394 e. The fourth-order valence-electron chi connectivity index (χ4n) is 3.28. The first kappa shape index (κ1) is 16.0. The summed E-state index contributed by atoms with van der Waals surface area (Å²) in [6.45, 7) is 4.15. The molecular formula is C17H26N2O2. The van der Waals surface area contributed by atoms with Gasteiger partial charge in [0, 0.05) is 11.2 Å². The molecule has 0 bridgehead atoms. The van der Waals surface area contributed by atoms with Crippen LogP contribution < -0.4 is 10.6 Å². The van der Waals surface area contributed by atoms with E-state index in [1.54, 1.807) is 0 Å². The number of para-hydroxylation sites is 1. The molecule has 2 rings (SSSR count). The zero-order valence-electron chi connectivity index (χ0n) is 12.9. The highest BCUT2D eigenvalue weighted by molar-refractivity contribution is 5.94. The maximum atomic E-state index is 12.3. The minimum atomic E-state index is -0.331. The summed E-state index contributed by atoms with van der Waals surface area (Å²) >= 11 is 0. The quantitative estimate of drug-likeness (QED) is 0.781. The molecule has 0 saturated heterocycles. The average Bonchev–Trinajstić information content (AvgIpc) is 2.48. The lowest BCUT2D eigenvalue weighted by Crippen LogP contribution is -2.57. The molecule has 4 heteroatoms. The highest BCUT2D eigenvalue weighted by atomic mass is 16.3. The van der Waals surface area contributed by atoms with Crippen molar-refractivity contribution >= 4 is 11.6 Å². The Labute approximate surface area is 126 Å². The van der Waals surface area contributed by atoms with E-state index >= 15 is 0 Å². The van der Waals surface area contributed by atoms with E-state index in [9.17, 15) is 9.90 Å². The third-order valence-corrected chi connectivity index (χ3v) is 4.35. The van der Waals surface area contributed by atoms with Gasteiger partial charge in [-0.2, -0.15) is 0 Å². The molecule has 1 aliphatic rings. The van der Waals surface area contributed by atoms with Crippen LogP contribution >= 0.6 is 0 Å². The van der Waals surface area contributed by atoms with Gasteiger partial charge in [-0.3, -0.25) is 10.1 Å². The molecule has 1 aromatic carbocycles. The van der Waals surface area contributed by atoms with Crippen LogP contribution in [0.2, 0.25) is 0 Å². The van der Waals surface area contributed by atoms with Crippen molar-refractivity contribution in [2.75, 3.05) is 11.9 Å². The van der Waals surface area contributed by atoms with Gasteiger partial charge in [0.25, 0.3) is 0 Å². The minimum absolute atomic E-state index is 0.0627. The van der Waals surface area contributed by atoms with Crippen molar-refractivity contribution in [1.82, 2.24) is 5.32 Å². The van der Waals surface area contributed by atoms with Crippen molar-refractivity contribution in [3.63, 3.8) is 0 Å². The summed E-state index contributed by atoms with van der Waals surface area (Å²) in [5.74, 6) is 0.523. The van der Waals surface area contributed by atoms with Gasteiger partial charge in [-0.25, -0.2) is 0 Å². The van der Waals surface area contributed by atoms with E-state index in [0.717, 1.165) is 24.9 Å². The number of carbonyl (C=O) groups is 1. The first-order valence-corrected chi connectivity index (χ1v) is 7.79. The summed E-state index contributed by atoms with van der Waals surface area (Å²) in [4.78, 5) is 12.3. The zero-order chi connectivity index (χ0) is 15.3. The average molecular weight is 290 g/mol. The van der Waals surface area contributed by atoms with Gasteiger partial charge < -0.3 is 10.4 Å².